The van der Waals surface area contributed by atoms with Gasteiger partial charge in [0.05, 0.1) is 12.1 Å². The van der Waals surface area contributed by atoms with Gasteiger partial charge < -0.3 is 15.8 Å². The molecule has 0 spiro atoms. The van der Waals surface area contributed by atoms with Crippen molar-refractivity contribution in [3.05, 3.63) is 59.7 Å². The second-order valence-electron chi connectivity index (χ2n) is 5.86. The van der Waals surface area contributed by atoms with Gasteiger partial charge in [0.2, 0.25) is 0 Å². The van der Waals surface area contributed by atoms with Gasteiger partial charge in [-0.25, -0.2) is 0 Å². The lowest BCUT2D eigenvalue weighted by atomic mass is 10.1. The predicted molar refractivity (Wildman–Crippen MR) is 86.6 cm³/mol. The summed E-state index contributed by atoms with van der Waals surface area (Å²) in [6.07, 6.45) is 1.13. The van der Waals surface area contributed by atoms with Gasteiger partial charge >= 0.3 is 0 Å². The zero-order valence-corrected chi connectivity index (χ0v) is 12.5. The van der Waals surface area contributed by atoms with Crippen molar-refractivity contribution in [1.82, 2.24) is 0 Å². The quantitative estimate of drug-likeness (QED) is 0.890. The second-order valence-corrected chi connectivity index (χ2v) is 5.86. The van der Waals surface area contributed by atoms with Crippen LogP contribution in [-0.4, -0.2) is 6.10 Å². The number of hydrogen-bond acceptors (Lipinski definition) is 3. The molecular weight excluding hydrogens is 260 g/mol. The van der Waals surface area contributed by atoms with Gasteiger partial charge in [-0.05, 0) is 55.7 Å². The van der Waals surface area contributed by atoms with Crippen molar-refractivity contribution in [2.24, 2.45) is 5.73 Å². The summed E-state index contributed by atoms with van der Waals surface area (Å²) in [6, 6.07) is 17.0. The Bertz CT molecular complexity index is 607. The molecule has 1 aliphatic carbocycles. The van der Waals surface area contributed by atoms with Crippen molar-refractivity contribution in [2.75, 3.05) is 5.32 Å². The zero-order chi connectivity index (χ0) is 14.8. The molecule has 0 radical (unpaired) electrons. The standard InChI is InChI=1S/C18H22N2O/c1-12(2)21-14-9-7-13(8-10-14)20-18-11-17(19)15-5-3-4-6-16(15)18/h3-10,12,17-18,20H,11,19H2,1-2H3. The van der Waals surface area contributed by atoms with E-state index in [2.05, 4.69) is 41.7 Å². The largest absolute Gasteiger partial charge is 0.491 e. The lowest BCUT2D eigenvalue weighted by Gasteiger charge is -2.16. The lowest BCUT2D eigenvalue weighted by Crippen LogP contribution is -2.10. The zero-order valence-electron chi connectivity index (χ0n) is 12.5. The number of rotatable bonds is 4. The first kappa shape index (κ1) is 14.0. The van der Waals surface area contributed by atoms with Gasteiger partial charge in [-0.3, -0.25) is 0 Å². The molecule has 1 aliphatic rings. The van der Waals surface area contributed by atoms with E-state index in [0.717, 1.165) is 17.9 Å². The topological polar surface area (TPSA) is 47.3 Å². The van der Waals surface area contributed by atoms with Crippen LogP contribution in [0, 0.1) is 0 Å². The Hall–Kier alpha value is -2.00. The Kier molecular flexibility index (Phi) is 3.84. The molecule has 0 bridgehead atoms. The highest BCUT2D eigenvalue weighted by atomic mass is 16.5. The van der Waals surface area contributed by atoms with E-state index < -0.39 is 0 Å². The minimum Gasteiger partial charge on any atom is -0.491 e. The number of nitrogens with two attached hydrogens (primary N) is 1. The van der Waals surface area contributed by atoms with Crippen LogP contribution in [0.1, 0.15) is 43.5 Å². The van der Waals surface area contributed by atoms with Crippen molar-refractivity contribution in [3.8, 4) is 5.75 Å². The normalized spacial score (nSPS) is 20.4. The van der Waals surface area contributed by atoms with E-state index in [1.54, 1.807) is 0 Å². The summed E-state index contributed by atoms with van der Waals surface area (Å²) in [6.45, 7) is 4.06. The van der Waals surface area contributed by atoms with E-state index in [-0.39, 0.29) is 18.2 Å². The van der Waals surface area contributed by atoms with Crippen molar-refractivity contribution >= 4 is 5.69 Å². The molecule has 2 aromatic carbocycles. The first-order valence-electron chi connectivity index (χ1n) is 7.51. The monoisotopic (exact) mass is 282 g/mol. The van der Waals surface area contributed by atoms with Crippen molar-refractivity contribution in [3.63, 3.8) is 0 Å². The van der Waals surface area contributed by atoms with Gasteiger partial charge in [-0.1, -0.05) is 24.3 Å². The number of anilines is 1. The highest BCUT2D eigenvalue weighted by Crippen LogP contribution is 2.39. The summed E-state index contributed by atoms with van der Waals surface area (Å²) in [7, 11) is 0. The SMILES string of the molecule is CC(C)Oc1ccc(NC2CC(N)c3ccccc32)cc1. The Morgan fingerprint density at radius 1 is 1.05 bits per heavy atom. The molecule has 110 valence electrons. The van der Waals surface area contributed by atoms with Crippen LogP contribution in [-0.2, 0) is 0 Å². The van der Waals surface area contributed by atoms with Crippen LogP contribution >= 0.6 is 0 Å². The minimum atomic E-state index is 0.127. The van der Waals surface area contributed by atoms with Crippen molar-refractivity contribution < 1.29 is 4.74 Å². The first-order valence-corrected chi connectivity index (χ1v) is 7.51. The Morgan fingerprint density at radius 2 is 1.71 bits per heavy atom. The molecule has 2 atom stereocenters. The summed E-state index contributed by atoms with van der Waals surface area (Å²) < 4.78 is 5.66. The summed E-state index contributed by atoms with van der Waals surface area (Å²) in [5.74, 6) is 0.902. The van der Waals surface area contributed by atoms with E-state index in [9.17, 15) is 0 Å². The lowest BCUT2D eigenvalue weighted by molar-refractivity contribution is 0.242. The molecule has 3 N–H and O–H groups in total. The van der Waals surface area contributed by atoms with Crippen LogP contribution in [0.3, 0.4) is 0 Å². The minimum absolute atomic E-state index is 0.127. The van der Waals surface area contributed by atoms with Gasteiger partial charge in [0.15, 0.2) is 0 Å². The van der Waals surface area contributed by atoms with Crippen LogP contribution in [0.2, 0.25) is 0 Å². The van der Waals surface area contributed by atoms with Crippen LogP contribution in [0.4, 0.5) is 5.69 Å². The fraction of sp³-hybridized carbons (Fsp3) is 0.333. The van der Waals surface area contributed by atoms with E-state index in [0.29, 0.717) is 0 Å². The maximum atomic E-state index is 6.21. The van der Waals surface area contributed by atoms with Gasteiger partial charge in [0, 0.05) is 11.7 Å². The summed E-state index contributed by atoms with van der Waals surface area (Å²) >= 11 is 0. The average Bonchev–Trinajstić information content (AvgIpc) is 2.78. The van der Waals surface area contributed by atoms with Crippen LogP contribution in [0.15, 0.2) is 48.5 Å². The smallest absolute Gasteiger partial charge is 0.119 e. The third-order valence-corrected chi connectivity index (χ3v) is 3.83. The molecule has 3 nitrogen and oxygen atoms in total. The van der Waals surface area contributed by atoms with E-state index >= 15 is 0 Å². The summed E-state index contributed by atoms with van der Waals surface area (Å²) in [5, 5.41) is 3.57. The molecule has 0 saturated carbocycles. The third-order valence-electron chi connectivity index (χ3n) is 3.83. The number of nitrogens with one attached hydrogen (secondary N) is 1. The molecule has 0 aliphatic heterocycles. The average molecular weight is 282 g/mol. The van der Waals surface area contributed by atoms with Crippen LogP contribution in [0.25, 0.3) is 0 Å². The van der Waals surface area contributed by atoms with Gasteiger partial charge in [-0.2, -0.15) is 0 Å². The molecular formula is C18H22N2O. The van der Waals surface area contributed by atoms with Crippen LogP contribution < -0.4 is 15.8 Å². The van der Waals surface area contributed by atoms with Gasteiger partial charge in [-0.15, -0.1) is 0 Å². The van der Waals surface area contributed by atoms with Crippen molar-refractivity contribution in [2.45, 2.75) is 38.5 Å². The van der Waals surface area contributed by atoms with E-state index in [1.165, 1.54) is 11.1 Å². The molecule has 2 aromatic rings. The van der Waals surface area contributed by atoms with E-state index in [4.69, 9.17) is 10.5 Å². The molecule has 0 amide bonds. The maximum Gasteiger partial charge on any atom is 0.119 e. The highest BCUT2D eigenvalue weighted by Gasteiger charge is 2.27. The molecule has 2 unspecified atom stereocenters. The highest BCUT2D eigenvalue weighted by molar-refractivity contribution is 5.51. The third kappa shape index (κ3) is 3.03. The molecule has 0 fully saturated rings. The summed E-state index contributed by atoms with van der Waals surface area (Å²) in [5.41, 5.74) is 9.88. The Morgan fingerprint density at radius 3 is 2.38 bits per heavy atom. The van der Waals surface area contributed by atoms with E-state index in [1.807, 2.05) is 26.0 Å². The molecule has 21 heavy (non-hydrogen) atoms. The Labute approximate surface area is 126 Å². The molecule has 0 aromatic heterocycles. The number of fused-ring (bicyclic) bond motifs is 1. The molecule has 0 saturated heterocycles. The molecule has 3 heteroatoms. The maximum absolute atomic E-state index is 6.21. The second kappa shape index (κ2) is 5.78. The fourth-order valence-electron chi connectivity index (χ4n) is 2.91. The molecule has 0 heterocycles. The number of benzene rings is 2. The molecule has 3 rings (SSSR count). The Balaban J connectivity index is 1.73. The van der Waals surface area contributed by atoms with Crippen LogP contribution in [0.5, 0.6) is 5.75 Å². The predicted octanol–water partition coefficient (Wildman–Crippen LogP) is 4.03. The van der Waals surface area contributed by atoms with Gasteiger partial charge in [0.1, 0.15) is 5.75 Å². The van der Waals surface area contributed by atoms with Gasteiger partial charge in [0.25, 0.3) is 0 Å². The number of ether oxygens (including phenoxy) is 1. The van der Waals surface area contributed by atoms with Crippen molar-refractivity contribution in [1.29, 1.82) is 0 Å². The summed E-state index contributed by atoms with van der Waals surface area (Å²) in [4.78, 5) is 0. The fourth-order valence-corrected chi connectivity index (χ4v) is 2.91. The first-order chi connectivity index (χ1) is 10.1. The number of hydrogen-bond donors (Lipinski definition) is 2.